The summed E-state index contributed by atoms with van der Waals surface area (Å²) in [5, 5.41) is 6.13. The third kappa shape index (κ3) is 3.72. The fourth-order valence-corrected chi connectivity index (χ4v) is 3.60. The summed E-state index contributed by atoms with van der Waals surface area (Å²) in [5.74, 6) is 0. The van der Waals surface area contributed by atoms with Crippen molar-refractivity contribution in [3.63, 3.8) is 0 Å². The average Bonchev–Trinajstić information content (AvgIpc) is 2.75. The first kappa shape index (κ1) is 13.9. The van der Waals surface area contributed by atoms with E-state index in [9.17, 15) is 0 Å². The summed E-state index contributed by atoms with van der Waals surface area (Å²) >= 11 is 9.57. The van der Waals surface area contributed by atoms with E-state index in [1.54, 1.807) is 23.1 Å². The Hall–Kier alpha value is -0.550. The molecule has 0 aliphatic rings. The minimum atomic E-state index is 0.795. The Labute approximate surface area is 121 Å². The van der Waals surface area contributed by atoms with E-state index in [0.29, 0.717) is 0 Å². The molecule has 2 rings (SSSR count). The molecule has 0 spiro atoms. The lowest BCUT2D eigenvalue weighted by Crippen LogP contribution is -2.11. The fourth-order valence-electron chi connectivity index (χ4n) is 1.48. The van der Waals surface area contributed by atoms with Crippen LogP contribution in [0, 0.1) is 6.92 Å². The van der Waals surface area contributed by atoms with Gasteiger partial charge in [0.25, 0.3) is 0 Å². The van der Waals surface area contributed by atoms with Crippen molar-refractivity contribution in [1.82, 2.24) is 10.3 Å². The third-order valence-electron chi connectivity index (χ3n) is 2.37. The number of aromatic nitrogens is 1. The van der Waals surface area contributed by atoms with Gasteiger partial charge in [0.2, 0.25) is 0 Å². The topological polar surface area (TPSA) is 24.9 Å². The molecule has 1 N–H and O–H groups in total. The number of thiazole rings is 1. The summed E-state index contributed by atoms with van der Waals surface area (Å²) in [7, 11) is 0. The maximum Gasteiger partial charge on any atom is 0.154 e. The van der Waals surface area contributed by atoms with E-state index < -0.39 is 0 Å². The van der Waals surface area contributed by atoms with Gasteiger partial charge in [0.15, 0.2) is 4.34 Å². The minimum absolute atomic E-state index is 0.795. The van der Waals surface area contributed by atoms with Crippen molar-refractivity contribution in [3.8, 4) is 0 Å². The molecule has 0 saturated carbocycles. The summed E-state index contributed by atoms with van der Waals surface area (Å²) in [5.41, 5.74) is 2.27. The van der Waals surface area contributed by atoms with Gasteiger partial charge in [-0.25, -0.2) is 4.98 Å². The maximum absolute atomic E-state index is 6.29. The van der Waals surface area contributed by atoms with Crippen molar-refractivity contribution in [2.75, 3.05) is 6.54 Å². The van der Waals surface area contributed by atoms with Gasteiger partial charge >= 0.3 is 0 Å². The van der Waals surface area contributed by atoms with Gasteiger partial charge in [-0.3, -0.25) is 0 Å². The zero-order chi connectivity index (χ0) is 13.0. The van der Waals surface area contributed by atoms with E-state index >= 15 is 0 Å². The van der Waals surface area contributed by atoms with E-state index in [-0.39, 0.29) is 0 Å². The van der Waals surface area contributed by atoms with Crippen molar-refractivity contribution in [3.05, 3.63) is 39.9 Å². The van der Waals surface area contributed by atoms with Crippen LogP contribution >= 0.6 is 34.7 Å². The largest absolute Gasteiger partial charge is 0.313 e. The highest BCUT2D eigenvalue weighted by Crippen LogP contribution is 2.35. The second-order valence-corrected chi connectivity index (χ2v) is 6.46. The number of nitrogens with one attached hydrogen (secondary N) is 1. The quantitative estimate of drug-likeness (QED) is 0.887. The molecule has 0 aliphatic carbocycles. The van der Waals surface area contributed by atoms with Crippen LogP contribution in [0.1, 0.15) is 18.2 Å². The monoisotopic (exact) mass is 298 g/mol. The van der Waals surface area contributed by atoms with Crippen LogP contribution in [-0.2, 0) is 6.54 Å². The predicted molar refractivity (Wildman–Crippen MR) is 79.8 cm³/mol. The van der Waals surface area contributed by atoms with Crippen LogP contribution in [0.25, 0.3) is 0 Å². The minimum Gasteiger partial charge on any atom is -0.313 e. The first-order valence-corrected chi connectivity index (χ1v) is 7.85. The average molecular weight is 299 g/mol. The number of aryl methyl sites for hydroxylation is 1. The van der Waals surface area contributed by atoms with Crippen molar-refractivity contribution in [2.24, 2.45) is 0 Å². The fraction of sp³-hybridized carbons (Fsp3) is 0.308. The molecule has 0 aliphatic heterocycles. The van der Waals surface area contributed by atoms with Gasteiger partial charge in [-0.2, -0.15) is 0 Å². The van der Waals surface area contributed by atoms with Crippen LogP contribution in [0.4, 0.5) is 0 Å². The molecule has 18 heavy (non-hydrogen) atoms. The summed E-state index contributed by atoms with van der Waals surface area (Å²) in [6, 6.07) is 6.20. The van der Waals surface area contributed by atoms with Crippen LogP contribution in [0.15, 0.2) is 32.8 Å². The van der Waals surface area contributed by atoms with Crippen molar-refractivity contribution >= 4 is 34.7 Å². The molecule has 0 atom stereocenters. The van der Waals surface area contributed by atoms with Gasteiger partial charge in [-0.1, -0.05) is 36.4 Å². The van der Waals surface area contributed by atoms with Crippen LogP contribution in [0.3, 0.4) is 0 Å². The Balaban J connectivity index is 2.09. The van der Waals surface area contributed by atoms with Crippen molar-refractivity contribution in [2.45, 2.75) is 29.6 Å². The second kappa shape index (κ2) is 6.57. The van der Waals surface area contributed by atoms with Gasteiger partial charge in [0, 0.05) is 22.5 Å². The number of halogens is 1. The molecule has 0 unspecified atom stereocenters. The van der Waals surface area contributed by atoms with Crippen LogP contribution in [-0.4, -0.2) is 11.5 Å². The Bertz CT molecular complexity index is 525. The first-order chi connectivity index (χ1) is 8.69. The van der Waals surface area contributed by atoms with E-state index in [1.807, 2.05) is 13.0 Å². The Morgan fingerprint density at radius 2 is 2.28 bits per heavy atom. The number of rotatable bonds is 5. The van der Waals surface area contributed by atoms with E-state index in [2.05, 4.69) is 34.7 Å². The molecular formula is C13H15ClN2S2. The van der Waals surface area contributed by atoms with Crippen LogP contribution < -0.4 is 5.32 Å². The van der Waals surface area contributed by atoms with E-state index in [0.717, 1.165) is 33.0 Å². The smallest absolute Gasteiger partial charge is 0.154 e. The molecule has 0 fully saturated rings. The number of benzene rings is 1. The number of hydrogen-bond acceptors (Lipinski definition) is 4. The summed E-state index contributed by atoms with van der Waals surface area (Å²) in [6.45, 7) is 5.92. The van der Waals surface area contributed by atoms with Gasteiger partial charge in [0.1, 0.15) is 0 Å². The highest BCUT2D eigenvalue weighted by molar-refractivity contribution is 8.01. The van der Waals surface area contributed by atoms with E-state index in [4.69, 9.17) is 11.6 Å². The Kier molecular flexibility index (Phi) is 5.06. The third-order valence-corrected chi connectivity index (χ3v) is 4.93. The summed E-state index contributed by atoms with van der Waals surface area (Å²) in [4.78, 5) is 5.49. The maximum atomic E-state index is 6.29. The summed E-state index contributed by atoms with van der Waals surface area (Å²) in [6.07, 6.45) is 0. The lowest BCUT2D eigenvalue weighted by molar-refractivity contribution is 0.726. The number of nitrogens with zero attached hydrogens (tertiary/aromatic N) is 1. The van der Waals surface area contributed by atoms with Gasteiger partial charge in [0.05, 0.1) is 5.02 Å². The Morgan fingerprint density at radius 3 is 2.89 bits per heavy atom. The molecule has 96 valence electrons. The lowest BCUT2D eigenvalue weighted by Gasteiger charge is -2.06. The molecule has 1 heterocycles. The van der Waals surface area contributed by atoms with Gasteiger partial charge in [-0.15, -0.1) is 11.3 Å². The molecule has 1 aromatic heterocycles. The molecule has 5 heteroatoms. The molecule has 0 radical (unpaired) electrons. The van der Waals surface area contributed by atoms with Crippen LogP contribution in [0.2, 0.25) is 5.02 Å². The lowest BCUT2D eigenvalue weighted by atomic mass is 10.2. The van der Waals surface area contributed by atoms with Crippen LogP contribution in [0.5, 0.6) is 0 Å². The zero-order valence-corrected chi connectivity index (χ0v) is 12.8. The molecule has 2 aromatic rings. The van der Waals surface area contributed by atoms with Crippen molar-refractivity contribution < 1.29 is 0 Å². The standard InChI is InChI=1S/C13H15ClN2S2/c1-3-15-7-10-4-5-12(11(14)6-10)18-13-16-9(2)8-17-13/h4-6,8,15H,3,7H2,1-2H3. The number of hydrogen-bond donors (Lipinski definition) is 1. The molecule has 2 nitrogen and oxygen atoms in total. The second-order valence-electron chi connectivity index (χ2n) is 3.90. The highest BCUT2D eigenvalue weighted by Gasteiger charge is 2.06. The normalized spacial score (nSPS) is 10.8. The zero-order valence-electron chi connectivity index (χ0n) is 10.4. The van der Waals surface area contributed by atoms with Crippen molar-refractivity contribution in [1.29, 1.82) is 0 Å². The SMILES string of the molecule is CCNCc1ccc(Sc2nc(C)cs2)c(Cl)c1. The predicted octanol–water partition coefficient (Wildman–Crippen LogP) is 4.37. The molecule has 0 saturated heterocycles. The summed E-state index contributed by atoms with van der Waals surface area (Å²) < 4.78 is 1.04. The van der Waals surface area contributed by atoms with E-state index in [1.165, 1.54) is 5.56 Å². The van der Waals surface area contributed by atoms with Gasteiger partial charge in [-0.05, 0) is 31.2 Å². The molecule has 0 amide bonds. The Morgan fingerprint density at radius 1 is 1.44 bits per heavy atom. The van der Waals surface area contributed by atoms with Gasteiger partial charge < -0.3 is 5.32 Å². The molecule has 1 aromatic carbocycles. The molecular weight excluding hydrogens is 284 g/mol. The molecule has 0 bridgehead atoms. The first-order valence-electron chi connectivity index (χ1n) is 5.78. The highest BCUT2D eigenvalue weighted by atomic mass is 35.5.